The predicted molar refractivity (Wildman–Crippen MR) is 66.2 cm³/mol. The van der Waals surface area contributed by atoms with Gasteiger partial charge in [0.15, 0.2) is 0 Å². The van der Waals surface area contributed by atoms with Crippen LogP contribution in [0.2, 0.25) is 0 Å². The second-order valence-corrected chi connectivity index (χ2v) is 4.70. The summed E-state index contributed by atoms with van der Waals surface area (Å²) >= 11 is 0. The number of rotatable bonds is 2. The van der Waals surface area contributed by atoms with Crippen molar-refractivity contribution in [2.75, 3.05) is 11.4 Å². The topological polar surface area (TPSA) is 77.2 Å². The third-order valence-corrected chi connectivity index (χ3v) is 3.51. The Morgan fingerprint density at radius 3 is 2.89 bits per heavy atom. The molecule has 5 nitrogen and oxygen atoms in total. The predicted octanol–water partition coefficient (Wildman–Crippen LogP) is 1.79. The van der Waals surface area contributed by atoms with Crippen molar-refractivity contribution >= 4 is 11.8 Å². The maximum atomic E-state index is 11.5. The largest absolute Gasteiger partial charge is 0.480 e. The van der Waals surface area contributed by atoms with Crippen LogP contribution in [-0.2, 0) is 4.79 Å². The van der Waals surface area contributed by atoms with Crippen LogP contribution in [0.4, 0.5) is 5.82 Å². The Morgan fingerprint density at radius 1 is 1.56 bits per heavy atom. The first-order valence-electron chi connectivity index (χ1n) is 5.95. The number of nitrogens with zero attached hydrogens (tertiary/aromatic N) is 3. The summed E-state index contributed by atoms with van der Waals surface area (Å²) in [4.78, 5) is 17.5. The number of hydrogen-bond donors (Lipinski definition) is 1. The van der Waals surface area contributed by atoms with Crippen molar-refractivity contribution in [1.82, 2.24) is 4.98 Å². The highest BCUT2D eigenvalue weighted by Gasteiger charge is 2.41. The van der Waals surface area contributed by atoms with Crippen molar-refractivity contribution in [3.8, 4) is 6.07 Å². The van der Waals surface area contributed by atoms with Gasteiger partial charge in [0.05, 0.1) is 5.56 Å². The van der Waals surface area contributed by atoms with Crippen molar-refractivity contribution in [3.05, 3.63) is 23.9 Å². The zero-order valence-corrected chi connectivity index (χ0v) is 10.3. The van der Waals surface area contributed by atoms with Crippen molar-refractivity contribution in [3.63, 3.8) is 0 Å². The fourth-order valence-corrected chi connectivity index (χ4v) is 2.32. The van der Waals surface area contributed by atoms with E-state index in [1.165, 1.54) is 6.20 Å². The summed E-state index contributed by atoms with van der Waals surface area (Å²) in [7, 11) is 0. The van der Waals surface area contributed by atoms with E-state index in [4.69, 9.17) is 5.26 Å². The summed E-state index contributed by atoms with van der Waals surface area (Å²) in [6, 6.07) is 5.38. The van der Waals surface area contributed by atoms with E-state index < -0.39 is 11.5 Å². The Bertz CT molecular complexity index is 492. The van der Waals surface area contributed by atoms with Crippen LogP contribution in [0.15, 0.2) is 18.3 Å². The van der Waals surface area contributed by atoms with Crippen LogP contribution in [0, 0.1) is 11.3 Å². The number of pyridine rings is 1. The molecule has 5 heteroatoms. The van der Waals surface area contributed by atoms with Gasteiger partial charge >= 0.3 is 5.97 Å². The summed E-state index contributed by atoms with van der Waals surface area (Å²) < 4.78 is 0. The minimum Gasteiger partial charge on any atom is -0.480 e. The number of nitriles is 1. The Labute approximate surface area is 106 Å². The number of aromatic nitrogens is 1. The first kappa shape index (κ1) is 12.4. The number of carboxylic acids is 1. The van der Waals surface area contributed by atoms with Crippen LogP contribution in [-0.4, -0.2) is 28.1 Å². The van der Waals surface area contributed by atoms with E-state index in [2.05, 4.69) is 4.98 Å². The molecule has 94 valence electrons. The number of aliphatic carboxylic acids is 1. The molecule has 2 rings (SSSR count). The van der Waals surface area contributed by atoms with Gasteiger partial charge in [0.25, 0.3) is 0 Å². The third-order valence-electron chi connectivity index (χ3n) is 3.51. The highest BCUT2D eigenvalue weighted by molar-refractivity contribution is 5.83. The van der Waals surface area contributed by atoms with Crippen molar-refractivity contribution in [2.24, 2.45) is 0 Å². The summed E-state index contributed by atoms with van der Waals surface area (Å²) in [6.45, 7) is 2.41. The highest BCUT2D eigenvalue weighted by atomic mass is 16.4. The van der Waals surface area contributed by atoms with Crippen molar-refractivity contribution < 1.29 is 9.90 Å². The van der Waals surface area contributed by atoms with Gasteiger partial charge in [0, 0.05) is 12.7 Å². The summed E-state index contributed by atoms with van der Waals surface area (Å²) in [5.74, 6) is -0.202. The van der Waals surface area contributed by atoms with E-state index in [9.17, 15) is 9.90 Å². The number of carboxylic acid groups (broad SMARTS) is 1. The molecule has 1 unspecified atom stereocenters. The molecule has 0 spiro atoms. The first-order valence-corrected chi connectivity index (χ1v) is 5.95. The van der Waals surface area contributed by atoms with Crippen LogP contribution in [0.5, 0.6) is 0 Å². The van der Waals surface area contributed by atoms with Crippen molar-refractivity contribution in [1.29, 1.82) is 5.26 Å². The van der Waals surface area contributed by atoms with E-state index in [1.54, 1.807) is 19.1 Å². The number of carbonyl (C=O) groups is 1. The van der Waals surface area contributed by atoms with Gasteiger partial charge in [0.1, 0.15) is 17.4 Å². The van der Waals surface area contributed by atoms with Crippen LogP contribution >= 0.6 is 0 Å². The standard InChI is InChI=1S/C13H15N3O2/c1-13(12(17)18)6-2-3-7-16(13)11-5-4-10(8-14)9-15-11/h4-5,9H,2-3,6-7H2,1H3,(H,17,18). The molecular weight excluding hydrogens is 230 g/mol. The van der Waals surface area contributed by atoms with Gasteiger partial charge in [-0.1, -0.05) is 0 Å². The molecule has 0 saturated carbocycles. The lowest BCUT2D eigenvalue weighted by Gasteiger charge is -2.42. The second-order valence-electron chi connectivity index (χ2n) is 4.70. The lowest BCUT2D eigenvalue weighted by Crippen LogP contribution is -2.55. The second kappa shape index (κ2) is 4.65. The molecule has 1 aromatic heterocycles. The van der Waals surface area contributed by atoms with E-state index in [-0.39, 0.29) is 0 Å². The lowest BCUT2D eigenvalue weighted by atomic mass is 9.88. The first-order chi connectivity index (χ1) is 8.58. The van der Waals surface area contributed by atoms with Crippen LogP contribution in [0.1, 0.15) is 31.7 Å². The minimum absolute atomic E-state index is 0.479. The SMILES string of the molecule is CC1(C(=O)O)CCCCN1c1ccc(C#N)cn1. The molecule has 1 aliphatic rings. The molecule has 1 aliphatic heterocycles. The smallest absolute Gasteiger partial charge is 0.329 e. The Morgan fingerprint density at radius 2 is 2.33 bits per heavy atom. The molecule has 0 aromatic carbocycles. The molecule has 2 heterocycles. The fourth-order valence-electron chi connectivity index (χ4n) is 2.32. The van der Waals surface area contributed by atoms with Gasteiger partial charge in [-0.15, -0.1) is 0 Å². The van der Waals surface area contributed by atoms with Crippen LogP contribution in [0.3, 0.4) is 0 Å². The van der Waals surface area contributed by atoms with E-state index in [0.29, 0.717) is 24.3 Å². The summed E-state index contributed by atoms with van der Waals surface area (Å²) in [5.41, 5.74) is -0.424. The molecule has 0 amide bonds. The lowest BCUT2D eigenvalue weighted by molar-refractivity contribution is -0.143. The van der Waals surface area contributed by atoms with Crippen molar-refractivity contribution in [2.45, 2.75) is 31.7 Å². The average Bonchev–Trinajstić information content (AvgIpc) is 2.39. The van der Waals surface area contributed by atoms with Gasteiger partial charge in [-0.25, -0.2) is 9.78 Å². The molecule has 1 fully saturated rings. The van der Waals surface area contributed by atoms with Gasteiger partial charge in [0.2, 0.25) is 0 Å². The molecular formula is C13H15N3O2. The zero-order valence-electron chi connectivity index (χ0n) is 10.3. The monoisotopic (exact) mass is 245 g/mol. The Hall–Kier alpha value is -2.09. The maximum absolute atomic E-state index is 11.5. The minimum atomic E-state index is -0.903. The number of anilines is 1. The normalized spacial score (nSPS) is 23.4. The molecule has 0 bridgehead atoms. The molecule has 0 radical (unpaired) electrons. The molecule has 0 aliphatic carbocycles. The molecule has 1 aromatic rings. The molecule has 1 atom stereocenters. The quantitative estimate of drug-likeness (QED) is 0.859. The maximum Gasteiger partial charge on any atom is 0.329 e. The number of hydrogen-bond acceptors (Lipinski definition) is 4. The summed E-state index contributed by atoms with van der Waals surface area (Å²) in [5, 5.41) is 18.1. The number of piperidine rings is 1. The van der Waals surface area contributed by atoms with Gasteiger partial charge in [-0.3, -0.25) is 0 Å². The van der Waals surface area contributed by atoms with E-state index >= 15 is 0 Å². The zero-order chi connectivity index (χ0) is 13.2. The van der Waals surface area contributed by atoms with Crippen LogP contribution < -0.4 is 4.90 Å². The average molecular weight is 245 g/mol. The molecule has 1 N–H and O–H groups in total. The molecule has 18 heavy (non-hydrogen) atoms. The van der Waals surface area contributed by atoms with Gasteiger partial charge < -0.3 is 10.0 Å². The van der Waals surface area contributed by atoms with Gasteiger partial charge in [-0.05, 0) is 38.3 Å². The third kappa shape index (κ3) is 2.02. The fraction of sp³-hybridized carbons (Fsp3) is 0.462. The molecule has 1 saturated heterocycles. The van der Waals surface area contributed by atoms with Gasteiger partial charge in [-0.2, -0.15) is 5.26 Å². The summed E-state index contributed by atoms with van der Waals surface area (Å²) in [6.07, 6.45) is 3.97. The van der Waals surface area contributed by atoms with E-state index in [1.807, 2.05) is 11.0 Å². The highest BCUT2D eigenvalue weighted by Crippen LogP contribution is 2.31. The Balaban J connectivity index is 2.34. The van der Waals surface area contributed by atoms with Crippen LogP contribution in [0.25, 0.3) is 0 Å². The Kier molecular flexibility index (Phi) is 3.19. The van der Waals surface area contributed by atoms with E-state index in [0.717, 1.165) is 12.8 Å².